The number of rotatable bonds is 10. The number of aliphatic imine (C=N–C) groups is 1. The minimum atomic E-state index is 0.581. The lowest BCUT2D eigenvalue weighted by atomic mass is 10.2. The molecule has 1 heterocycles. The number of nitrogens with one attached hydrogen (secondary N) is 2. The molecule has 0 radical (unpaired) electrons. The van der Waals surface area contributed by atoms with Gasteiger partial charge in [-0.15, -0.1) is 0 Å². The number of aromatic nitrogens is 1. The Bertz CT molecular complexity index is 645. The van der Waals surface area contributed by atoms with Crippen LogP contribution in [0.5, 0.6) is 5.75 Å². The Morgan fingerprint density at radius 3 is 2.65 bits per heavy atom. The summed E-state index contributed by atoms with van der Waals surface area (Å²) in [5, 5.41) is 6.73. The topological polar surface area (TPSA) is 67.8 Å². The molecule has 0 aliphatic heterocycles. The van der Waals surface area contributed by atoms with Crippen LogP contribution in [0.25, 0.3) is 0 Å². The van der Waals surface area contributed by atoms with Gasteiger partial charge in [-0.25, -0.2) is 4.99 Å². The van der Waals surface area contributed by atoms with Gasteiger partial charge in [-0.3, -0.25) is 4.98 Å². The van der Waals surface area contributed by atoms with Crippen LogP contribution in [0.3, 0.4) is 0 Å². The van der Waals surface area contributed by atoms with E-state index in [1.165, 1.54) is 0 Å². The zero-order chi connectivity index (χ0) is 18.5. The molecule has 6 heteroatoms. The summed E-state index contributed by atoms with van der Waals surface area (Å²) in [5.74, 6) is 1.63. The van der Waals surface area contributed by atoms with Crippen molar-refractivity contribution in [2.24, 2.45) is 4.99 Å². The van der Waals surface area contributed by atoms with Gasteiger partial charge >= 0.3 is 0 Å². The van der Waals surface area contributed by atoms with Crippen LogP contribution in [0.2, 0.25) is 0 Å². The largest absolute Gasteiger partial charge is 0.497 e. The fraction of sp³-hybridized carbons (Fsp3) is 0.400. The van der Waals surface area contributed by atoms with Crippen LogP contribution in [-0.2, 0) is 17.8 Å². The molecule has 2 N–H and O–H groups in total. The summed E-state index contributed by atoms with van der Waals surface area (Å²) in [6, 6.07) is 11.9. The molecule has 2 rings (SSSR count). The van der Waals surface area contributed by atoms with E-state index in [0.29, 0.717) is 13.1 Å². The first kappa shape index (κ1) is 19.7. The van der Waals surface area contributed by atoms with E-state index < -0.39 is 0 Å². The van der Waals surface area contributed by atoms with Crippen LogP contribution in [-0.4, -0.2) is 37.8 Å². The van der Waals surface area contributed by atoms with Crippen LogP contribution in [0.1, 0.15) is 24.5 Å². The molecule has 140 valence electrons. The van der Waals surface area contributed by atoms with E-state index in [9.17, 15) is 0 Å². The summed E-state index contributed by atoms with van der Waals surface area (Å²) >= 11 is 0. The first-order chi connectivity index (χ1) is 12.8. The van der Waals surface area contributed by atoms with Crippen LogP contribution in [0.4, 0.5) is 0 Å². The fourth-order valence-electron chi connectivity index (χ4n) is 2.29. The molecule has 0 aliphatic rings. The number of hydrogen-bond donors (Lipinski definition) is 2. The van der Waals surface area contributed by atoms with Crippen molar-refractivity contribution < 1.29 is 9.47 Å². The molecule has 0 aliphatic carbocycles. The number of pyridine rings is 1. The van der Waals surface area contributed by atoms with E-state index in [2.05, 4.69) is 20.6 Å². The summed E-state index contributed by atoms with van der Waals surface area (Å²) in [7, 11) is 1.67. The summed E-state index contributed by atoms with van der Waals surface area (Å²) in [5.41, 5.74) is 2.24. The molecule has 0 bridgehead atoms. The van der Waals surface area contributed by atoms with Gasteiger partial charge in [0.25, 0.3) is 0 Å². The number of hydrogen-bond acceptors (Lipinski definition) is 4. The second kappa shape index (κ2) is 11.9. The molecular formula is C20H28N4O2. The highest BCUT2D eigenvalue weighted by atomic mass is 16.5. The lowest BCUT2D eigenvalue weighted by Crippen LogP contribution is -2.37. The lowest BCUT2D eigenvalue weighted by Gasteiger charge is -2.13. The number of methoxy groups -OCH3 is 1. The zero-order valence-electron chi connectivity index (χ0n) is 15.6. The average Bonchev–Trinajstić information content (AvgIpc) is 2.70. The highest BCUT2D eigenvalue weighted by Crippen LogP contribution is 2.10. The van der Waals surface area contributed by atoms with Gasteiger partial charge in [0.05, 0.1) is 13.7 Å². The first-order valence-corrected chi connectivity index (χ1v) is 8.93. The van der Waals surface area contributed by atoms with E-state index in [-0.39, 0.29) is 0 Å². The molecule has 1 aromatic carbocycles. The van der Waals surface area contributed by atoms with Gasteiger partial charge in [0.2, 0.25) is 0 Å². The van der Waals surface area contributed by atoms with Crippen molar-refractivity contribution in [2.75, 3.05) is 26.9 Å². The van der Waals surface area contributed by atoms with E-state index in [0.717, 1.165) is 49.0 Å². The average molecular weight is 356 g/mol. The van der Waals surface area contributed by atoms with Crippen molar-refractivity contribution in [3.8, 4) is 5.75 Å². The van der Waals surface area contributed by atoms with Gasteiger partial charge in [-0.05, 0) is 42.7 Å². The standard InChI is InChI=1S/C20H28N4O2/c1-3-26-13-5-12-22-20(24-16-18-6-4-11-21-14-18)23-15-17-7-9-19(25-2)10-8-17/h4,6-11,14H,3,5,12-13,15-16H2,1-2H3,(H2,22,23,24). The third kappa shape index (κ3) is 7.53. The molecule has 0 atom stereocenters. The van der Waals surface area contributed by atoms with E-state index in [4.69, 9.17) is 9.47 Å². The summed E-state index contributed by atoms with van der Waals surface area (Å²) in [6.45, 7) is 5.58. The highest BCUT2D eigenvalue weighted by molar-refractivity contribution is 5.79. The van der Waals surface area contributed by atoms with Crippen molar-refractivity contribution in [3.05, 3.63) is 59.9 Å². The van der Waals surface area contributed by atoms with Crippen molar-refractivity contribution in [1.82, 2.24) is 15.6 Å². The summed E-state index contributed by atoms with van der Waals surface area (Å²) in [4.78, 5) is 8.78. The van der Waals surface area contributed by atoms with Crippen molar-refractivity contribution in [2.45, 2.75) is 26.4 Å². The summed E-state index contributed by atoms with van der Waals surface area (Å²) < 4.78 is 10.6. The molecule has 0 unspecified atom stereocenters. The number of ether oxygens (including phenoxy) is 2. The molecule has 0 fully saturated rings. The predicted molar refractivity (Wildman–Crippen MR) is 104 cm³/mol. The van der Waals surface area contributed by atoms with Crippen LogP contribution in [0, 0.1) is 0 Å². The number of benzene rings is 1. The Hall–Kier alpha value is -2.60. The maximum absolute atomic E-state index is 5.38. The zero-order valence-corrected chi connectivity index (χ0v) is 15.6. The van der Waals surface area contributed by atoms with Gasteiger partial charge in [0.1, 0.15) is 5.75 Å². The van der Waals surface area contributed by atoms with Gasteiger partial charge < -0.3 is 20.1 Å². The second-order valence-corrected chi connectivity index (χ2v) is 5.70. The summed E-state index contributed by atoms with van der Waals surface area (Å²) in [6.07, 6.45) is 4.53. The predicted octanol–water partition coefficient (Wildman–Crippen LogP) is 2.75. The SMILES string of the molecule is CCOCCCNC(=NCc1cccnc1)NCc1ccc(OC)cc1. The van der Waals surface area contributed by atoms with Crippen LogP contribution < -0.4 is 15.4 Å². The highest BCUT2D eigenvalue weighted by Gasteiger charge is 2.01. The van der Waals surface area contributed by atoms with E-state index in [1.54, 1.807) is 13.3 Å². The Kier molecular flexibility index (Phi) is 9.00. The third-order valence-corrected chi connectivity index (χ3v) is 3.72. The maximum atomic E-state index is 5.38. The third-order valence-electron chi connectivity index (χ3n) is 3.72. The monoisotopic (exact) mass is 356 g/mol. The van der Waals surface area contributed by atoms with Crippen molar-refractivity contribution >= 4 is 5.96 Å². The van der Waals surface area contributed by atoms with E-state index >= 15 is 0 Å². The normalized spacial score (nSPS) is 11.2. The van der Waals surface area contributed by atoms with Gasteiger partial charge in [0, 0.05) is 38.7 Å². The molecule has 1 aromatic heterocycles. The smallest absolute Gasteiger partial charge is 0.191 e. The minimum Gasteiger partial charge on any atom is -0.497 e. The molecule has 6 nitrogen and oxygen atoms in total. The Morgan fingerprint density at radius 2 is 1.96 bits per heavy atom. The molecular weight excluding hydrogens is 328 g/mol. The van der Waals surface area contributed by atoms with E-state index in [1.807, 2.05) is 49.5 Å². The van der Waals surface area contributed by atoms with Crippen molar-refractivity contribution in [1.29, 1.82) is 0 Å². The van der Waals surface area contributed by atoms with Gasteiger partial charge in [0.15, 0.2) is 5.96 Å². The molecule has 26 heavy (non-hydrogen) atoms. The molecule has 0 saturated heterocycles. The van der Waals surface area contributed by atoms with Crippen LogP contribution in [0.15, 0.2) is 53.8 Å². The maximum Gasteiger partial charge on any atom is 0.191 e. The van der Waals surface area contributed by atoms with Crippen molar-refractivity contribution in [3.63, 3.8) is 0 Å². The molecule has 0 saturated carbocycles. The molecule has 0 amide bonds. The lowest BCUT2D eigenvalue weighted by molar-refractivity contribution is 0.145. The first-order valence-electron chi connectivity index (χ1n) is 8.93. The van der Waals surface area contributed by atoms with Gasteiger partial charge in [-0.1, -0.05) is 18.2 Å². The Morgan fingerprint density at radius 1 is 1.12 bits per heavy atom. The molecule has 0 spiro atoms. The van der Waals surface area contributed by atoms with Gasteiger partial charge in [-0.2, -0.15) is 0 Å². The quantitative estimate of drug-likeness (QED) is 0.389. The second-order valence-electron chi connectivity index (χ2n) is 5.70. The fourth-order valence-corrected chi connectivity index (χ4v) is 2.29. The Balaban J connectivity index is 1.89. The molecule has 2 aromatic rings. The number of nitrogens with zero attached hydrogens (tertiary/aromatic N) is 2. The Labute approximate surface area is 155 Å². The number of guanidine groups is 1. The van der Waals surface area contributed by atoms with Crippen LogP contribution >= 0.6 is 0 Å². The minimum absolute atomic E-state index is 0.581.